The highest BCUT2D eigenvalue weighted by molar-refractivity contribution is 14.0. The third kappa shape index (κ3) is 5.69. The highest BCUT2D eigenvalue weighted by Crippen LogP contribution is 2.24. The Bertz CT molecular complexity index is 563. The predicted octanol–water partition coefficient (Wildman–Crippen LogP) is 1.81. The summed E-state index contributed by atoms with van der Waals surface area (Å²) in [6.45, 7) is 12.4. The molecule has 0 bridgehead atoms. The number of nitrogens with zero attached hydrogens (tertiary/aromatic N) is 3. The van der Waals surface area contributed by atoms with E-state index in [1.165, 1.54) is 19.4 Å². The van der Waals surface area contributed by atoms with Gasteiger partial charge in [-0.1, -0.05) is 13.8 Å². The van der Waals surface area contributed by atoms with Crippen molar-refractivity contribution in [1.82, 2.24) is 15.1 Å². The van der Waals surface area contributed by atoms with Crippen LogP contribution in [0.2, 0.25) is 0 Å². The molecule has 2 aliphatic heterocycles. The van der Waals surface area contributed by atoms with Crippen LogP contribution in [0.15, 0.2) is 4.99 Å². The minimum absolute atomic E-state index is 0. The first-order chi connectivity index (χ1) is 11.2. The Balaban J connectivity index is 0.00000312. The lowest BCUT2D eigenvalue weighted by molar-refractivity contribution is 0.225. The second-order valence-corrected chi connectivity index (χ2v) is 10.9. The van der Waals surface area contributed by atoms with Crippen LogP contribution < -0.4 is 5.32 Å². The van der Waals surface area contributed by atoms with Gasteiger partial charge in [0.2, 0.25) is 0 Å². The van der Waals surface area contributed by atoms with Crippen molar-refractivity contribution in [2.75, 3.05) is 45.5 Å². The van der Waals surface area contributed by atoms with Gasteiger partial charge in [-0.3, -0.25) is 9.89 Å². The van der Waals surface area contributed by atoms with Crippen LogP contribution in [-0.2, 0) is 9.84 Å². The first-order valence-electron chi connectivity index (χ1n) is 9.08. The lowest BCUT2D eigenvalue weighted by atomic mass is 10.1. The van der Waals surface area contributed by atoms with Crippen molar-refractivity contribution in [2.45, 2.75) is 51.3 Å². The van der Waals surface area contributed by atoms with Crippen LogP contribution in [0.5, 0.6) is 0 Å². The Hall–Kier alpha value is -0.0900. The third-order valence-corrected chi connectivity index (χ3v) is 7.68. The van der Waals surface area contributed by atoms with Crippen LogP contribution in [0.4, 0.5) is 0 Å². The van der Waals surface area contributed by atoms with Crippen molar-refractivity contribution >= 4 is 39.8 Å². The standard InChI is InChI=1S/C17H34N4O2S.HI/c1-14(2)12-20-8-6-7-15(20)11-19-16(18-5)21-9-10-24(22,23)17(3,4)13-21;/h14-15H,6-13H2,1-5H3,(H,18,19);1H/t15-;/m1./s1. The average molecular weight is 486 g/mol. The molecule has 0 aromatic rings. The molecule has 25 heavy (non-hydrogen) atoms. The number of halogens is 1. The molecule has 148 valence electrons. The number of nitrogens with one attached hydrogen (secondary N) is 1. The summed E-state index contributed by atoms with van der Waals surface area (Å²) in [6.07, 6.45) is 2.48. The van der Waals surface area contributed by atoms with Gasteiger partial charge in [-0.05, 0) is 39.2 Å². The van der Waals surface area contributed by atoms with E-state index in [0.29, 0.717) is 25.0 Å². The number of rotatable bonds is 4. The molecule has 8 heteroatoms. The van der Waals surface area contributed by atoms with Crippen molar-refractivity contribution in [1.29, 1.82) is 0 Å². The molecule has 2 fully saturated rings. The van der Waals surface area contributed by atoms with E-state index in [1.807, 2.05) is 13.8 Å². The summed E-state index contributed by atoms with van der Waals surface area (Å²) in [5.41, 5.74) is 0. The van der Waals surface area contributed by atoms with E-state index in [1.54, 1.807) is 7.05 Å². The summed E-state index contributed by atoms with van der Waals surface area (Å²) in [4.78, 5) is 9.04. The Labute approximate surface area is 170 Å². The van der Waals surface area contributed by atoms with E-state index in [9.17, 15) is 8.42 Å². The first kappa shape index (κ1) is 23.0. The highest BCUT2D eigenvalue weighted by atomic mass is 127. The van der Waals surface area contributed by atoms with Gasteiger partial charge < -0.3 is 10.2 Å². The Kier molecular flexibility index (Phi) is 8.46. The second kappa shape index (κ2) is 9.21. The third-order valence-electron chi connectivity index (χ3n) is 5.15. The summed E-state index contributed by atoms with van der Waals surface area (Å²) >= 11 is 0. The molecule has 2 rings (SSSR count). The van der Waals surface area contributed by atoms with Gasteiger partial charge in [0, 0.05) is 39.3 Å². The fourth-order valence-electron chi connectivity index (χ4n) is 3.70. The van der Waals surface area contributed by atoms with Gasteiger partial charge in [-0.15, -0.1) is 24.0 Å². The van der Waals surface area contributed by atoms with Crippen LogP contribution in [-0.4, -0.2) is 80.5 Å². The summed E-state index contributed by atoms with van der Waals surface area (Å²) in [7, 11) is -1.24. The number of likely N-dealkylation sites (tertiary alicyclic amines) is 1. The summed E-state index contributed by atoms with van der Waals surface area (Å²) in [5.74, 6) is 1.70. The van der Waals surface area contributed by atoms with Crippen molar-refractivity contribution in [3.63, 3.8) is 0 Å². The molecule has 1 N–H and O–H groups in total. The zero-order valence-electron chi connectivity index (χ0n) is 16.3. The van der Waals surface area contributed by atoms with Gasteiger partial charge in [0.25, 0.3) is 0 Å². The molecule has 2 saturated heterocycles. The smallest absolute Gasteiger partial charge is 0.193 e. The minimum atomic E-state index is -3.02. The van der Waals surface area contributed by atoms with Crippen molar-refractivity contribution in [3.8, 4) is 0 Å². The maximum atomic E-state index is 12.2. The molecule has 0 saturated carbocycles. The molecular formula is C17H35IN4O2S. The molecular weight excluding hydrogens is 451 g/mol. The fraction of sp³-hybridized carbons (Fsp3) is 0.941. The van der Waals surface area contributed by atoms with Gasteiger partial charge in [0.1, 0.15) is 0 Å². The molecule has 0 amide bonds. The number of hydrogen-bond donors (Lipinski definition) is 1. The minimum Gasteiger partial charge on any atom is -0.355 e. The number of aliphatic imine (C=N–C) groups is 1. The molecule has 0 spiro atoms. The Morgan fingerprint density at radius 2 is 2.00 bits per heavy atom. The summed E-state index contributed by atoms with van der Waals surface area (Å²) in [5, 5.41) is 3.49. The zero-order valence-corrected chi connectivity index (χ0v) is 19.4. The van der Waals surface area contributed by atoms with Gasteiger partial charge in [0.15, 0.2) is 15.8 Å². The van der Waals surface area contributed by atoms with Crippen LogP contribution in [0.1, 0.15) is 40.5 Å². The lowest BCUT2D eigenvalue weighted by Gasteiger charge is -2.39. The second-order valence-electron chi connectivity index (χ2n) is 8.11. The molecule has 0 aromatic carbocycles. The van der Waals surface area contributed by atoms with Crippen LogP contribution >= 0.6 is 24.0 Å². The predicted molar refractivity (Wildman–Crippen MR) is 116 cm³/mol. The molecule has 0 radical (unpaired) electrons. The molecule has 1 atom stereocenters. The maximum Gasteiger partial charge on any atom is 0.193 e. The molecule has 0 aliphatic carbocycles. The average Bonchev–Trinajstić information content (AvgIpc) is 2.90. The summed E-state index contributed by atoms with van der Waals surface area (Å²) < 4.78 is 23.6. The molecule has 2 aliphatic rings. The van der Waals surface area contributed by atoms with Crippen molar-refractivity contribution in [3.05, 3.63) is 0 Å². The van der Waals surface area contributed by atoms with Crippen LogP contribution in [0.25, 0.3) is 0 Å². The molecule has 6 nitrogen and oxygen atoms in total. The van der Waals surface area contributed by atoms with Crippen molar-refractivity contribution in [2.24, 2.45) is 10.9 Å². The fourth-order valence-corrected chi connectivity index (χ4v) is 5.07. The van der Waals surface area contributed by atoms with E-state index in [-0.39, 0.29) is 29.7 Å². The van der Waals surface area contributed by atoms with Crippen LogP contribution in [0, 0.1) is 5.92 Å². The van der Waals surface area contributed by atoms with Gasteiger partial charge in [-0.2, -0.15) is 0 Å². The Morgan fingerprint density at radius 3 is 2.56 bits per heavy atom. The van der Waals surface area contributed by atoms with Crippen molar-refractivity contribution < 1.29 is 8.42 Å². The number of sulfone groups is 1. The Morgan fingerprint density at radius 1 is 1.32 bits per heavy atom. The number of hydrogen-bond acceptors (Lipinski definition) is 4. The van der Waals surface area contributed by atoms with E-state index in [2.05, 4.69) is 34.0 Å². The highest BCUT2D eigenvalue weighted by Gasteiger charge is 2.41. The van der Waals surface area contributed by atoms with E-state index in [4.69, 9.17) is 0 Å². The van der Waals surface area contributed by atoms with Crippen LogP contribution in [0.3, 0.4) is 0 Å². The van der Waals surface area contributed by atoms with E-state index in [0.717, 1.165) is 19.0 Å². The largest absolute Gasteiger partial charge is 0.355 e. The number of guanidine groups is 1. The zero-order chi connectivity index (χ0) is 18.0. The molecule has 0 unspecified atom stereocenters. The molecule has 2 heterocycles. The quantitative estimate of drug-likeness (QED) is 0.373. The topological polar surface area (TPSA) is 65.0 Å². The monoisotopic (exact) mass is 486 g/mol. The lowest BCUT2D eigenvalue weighted by Crippen LogP contribution is -2.58. The summed E-state index contributed by atoms with van der Waals surface area (Å²) in [6, 6.07) is 0.547. The normalized spacial score (nSPS) is 26.6. The van der Waals surface area contributed by atoms with Gasteiger partial charge >= 0.3 is 0 Å². The van der Waals surface area contributed by atoms with E-state index < -0.39 is 14.6 Å². The van der Waals surface area contributed by atoms with Gasteiger partial charge in [0.05, 0.1) is 10.5 Å². The van der Waals surface area contributed by atoms with E-state index >= 15 is 0 Å². The maximum absolute atomic E-state index is 12.2. The molecule has 0 aromatic heterocycles. The first-order valence-corrected chi connectivity index (χ1v) is 10.7. The van der Waals surface area contributed by atoms with Gasteiger partial charge in [-0.25, -0.2) is 8.42 Å². The SMILES string of the molecule is CN=C(NC[C@H]1CCCN1CC(C)C)N1CCS(=O)(=O)C(C)(C)C1.I.